The monoisotopic (exact) mass is 424 g/mol. The van der Waals surface area contributed by atoms with E-state index in [1.165, 1.54) is 6.07 Å². The first-order valence-corrected chi connectivity index (χ1v) is 10.3. The summed E-state index contributed by atoms with van der Waals surface area (Å²) in [5.41, 5.74) is 7.26. The first-order valence-electron chi connectivity index (χ1n) is 10.3. The number of likely N-dealkylation sites (tertiary alicyclic amines) is 1. The number of nitro benzene ring substituents is 1. The van der Waals surface area contributed by atoms with Crippen LogP contribution in [0.1, 0.15) is 55.1 Å². The summed E-state index contributed by atoms with van der Waals surface area (Å²) in [4.78, 5) is 37.7. The van der Waals surface area contributed by atoms with Crippen LogP contribution in [0.4, 0.5) is 11.4 Å². The van der Waals surface area contributed by atoms with E-state index in [9.17, 15) is 19.7 Å². The van der Waals surface area contributed by atoms with Gasteiger partial charge < -0.3 is 11.1 Å². The lowest BCUT2D eigenvalue weighted by molar-refractivity contribution is -0.386. The van der Waals surface area contributed by atoms with Crippen molar-refractivity contribution in [3.63, 3.8) is 0 Å². The Labute approximate surface area is 181 Å². The van der Waals surface area contributed by atoms with Crippen LogP contribution in [0.3, 0.4) is 0 Å². The van der Waals surface area contributed by atoms with E-state index in [0.29, 0.717) is 17.8 Å². The molecule has 3 rings (SSSR count). The van der Waals surface area contributed by atoms with Crippen LogP contribution in [0.5, 0.6) is 0 Å². The van der Waals surface area contributed by atoms with Gasteiger partial charge in [0, 0.05) is 29.4 Å². The van der Waals surface area contributed by atoms with Crippen molar-refractivity contribution in [3.05, 3.63) is 69.3 Å². The number of carbonyl (C=O) groups is 2. The van der Waals surface area contributed by atoms with Crippen molar-refractivity contribution in [2.45, 2.75) is 51.6 Å². The van der Waals surface area contributed by atoms with Gasteiger partial charge in [0.15, 0.2) is 0 Å². The lowest BCUT2D eigenvalue weighted by Gasteiger charge is -2.23. The fraction of sp³-hybridized carbons (Fsp3) is 0.391. The van der Waals surface area contributed by atoms with Crippen LogP contribution in [0, 0.1) is 10.1 Å². The molecule has 1 fully saturated rings. The van der Waals surface area contributed by atoms with Crippen LogP contribution in [-0.2, 0) is 16.8 Å². The Kier molecular flexibility index (Phi) is 6.40. The van der Waals surface area contributed by atoms with Crippen molar-refractivity contribution < 1.29 is 14.5 Å². The summed E-state index contributed by atoms with van der Waals surface area (Å²) in [5.74, 6) is -0.769. The summed E-state index contributed by atoms with van der Waals surface area (Å²) in [6.07, 6.45) is 1.62. The highest BCUT2D eigenvalue weighted by Crippen LogP contribution is 2.32. The predicted octanol–water partition coefficient (Wildman–Crippen LogP) is 3.59. The molecule has 8 heteroatoms. The molecule has 0 aromatic heterocycles. The summed E-state index contributed by atoms with van der Waals surface area (Å²) < 4.78 is 0. The second-order valence-corrected chi connectivity index (χ2v) is 8.88. The van der Waals surface area contributed by atoms with Crippen molar-refractivity contribution in [1.82, 2.24) is 4.90 Å². The van der Waals surface area contributed by atoms with Crippen molar-refractivity contribution >= 4 is 23.2 Å². The van der Waals surface area contributed by atoms with Gasteiger partial charge in [0.25, 0.3) is 11.6 Å². The Bertz CT molecular complexity index is 1010. The molecule has 1 atom stereocenters. The third kappa shape index (κ3) is 5.08. The van der Waals surface area contributed by atoms with Gasteiger partial charge in [0.05, 0.1) is 11.0 Å². The summed E-state index contributed by atoms with van der Waals surface area (Å²) in [7, 11) is 0. The van der Waals surface area contributed by atoms with Crippen LogP contribution in [0.2, 0.25) is 0 Å². The zero-order chi connectivity index (χ0) is 22.8. The van der Waals surface area contributed by atoms with Gasteiger partial charge in [-0.15, -0.1) is 0 Å². The van der Waals surface area contributed by atoms with Crippen LogP contribution in [-0.4, -0.2) is 34.2 Å². The van der Waals surface area contributed by atoms with Crippen LogP contribution < -0.4 is 11.1 Å². The zero-order valence-corrected chi connectivity index (χ0v) is 18.1. The summed E-state index contributed by atoms with van der Waals surface area (Å²) >= 11 is 0. The van der Waals surface area contributed by atoms with Crippen molar-refractivity contribution in [3.8, 4) is 0 Å². The lowest BCUT2D eigenvalue weighted by atomic mass is 9.85. The first-order chi connectivity index (χ1) is 14.6. The number of hydrogen-bond acceptors (Lipinski definition) is 5. The molecule has 0 spiro atoms. The minimum atomic E-state index is -0.456. The largest absolute Gasteiger partial charge is 0.368 e. The van der Waals surface area contributed by atoms with Crippen molar-refractivity contribution in [2.24, 2.45) is 5.73 Å². The smallest absolute Gasteiger partial charge is 0.273 e. The minimum Gasteiger partial charge on any atom is -0.368 e. The van der Waals surface area contributed by atoms with Crippen LogP contribution in [0.15, 0.2) is 42.5 Å². The number of nitro groups is 1. The summed E-state index contributed by atoms with van der Waals surface area (Å²) in [6.45, 7) is 6.92. The van der Waals surface area contributed by atoms with Crippen LogP contribution in [0.25, 0.3) is 0 Å². The fourth-order valence-corrected chi connectivity index (χ4v) is 3.99. The third-order valence-electron chi connectivity index (χ3n) is 5.60. The molecule has 1 unspecified atom stereocenters. The normalized spacial score (nSPS) is 16.8. The number of rotatable bonds is 6. The molecule has 3 N–H and O–H groups in total. The highest BCUT2D eigenvalue weighted by molar-refractivity contribution is 6.05. The second-order valence-electron chi connectivity index (χ2n) is 8.88. The number of amides is 2. The maximum Gasteiger partial charge on any atom is 0.273 e. The molecule has 0 radical (unpaired) electrons. The molecule has 1 aliphatic rings. The Morgan fingerprint density at radius 2 is 1.94 bits per heavy atom. The SMILES string of the molecule is CC(C)(C)c1ccc(C(=O)Nc2ccccc2CN2CCCC2C(N)=O)cc1[N+](=O)[O-]. The molecule has 0 bridgehead atoms. The van der Waals surface area contributed by atoms with Gasteiger partial charge in [-0.1, -0.05) is 45.0 Å². The van der Waals surface area contributed by atoms with E-state index in [2.05, 4.69) is 5.32 Å². The quantitative estimate of drug-likeness (QED) is 0.542. The van der Waals surface area contributed by atoms with Gasteiger partial charge in [0.1, 0.15) is 0 Å². The van der Waals surface area contributed by atoms with E-state index in [4.69, 9.17) is 5.73 Å². The van der Waals surface area contributed by atoms with E-state index >= 15 is 0 Å². The summed E-state index contributed by atoms with van der Waals surface area (Å²) in [5, 5.41) is 14.4. The molecule has 8 nitrogen and oxygen atoms in total. The molecule has 31 heavy (non-hydrogen) atoms. The number of carbonyl (C=O) groups excluding carboxylic acids is 2. The number of para-hydroxylation sites is 1. The molecule has 1 aliphatic heterocycles. The average Bonchev–Trinajstić information content (AvgIpc) is 3.16. The minimum absolute atomic E-state index is 0.0743. The van der Waals surface area contributed by atoms with Gasteiger partial charge in [-0.3, -0.25) is 24.6 Å². The second kappa shape index (κ2) is 8.85. The predicted molar refractivity (Wildman–Crippen MR) is 119 cm³/mol. The molecule has 1 saturated heterocycles. The average molecular weight is 425 g/mol. The standard InChI is InChI=1S/C23H28N4O4/c1-23(2,3)17-11-10-15(13-20(17)27(30)31)22(29)25-18-8-5-4-7-16(18)14-26-12-6-9-19(26)21(24)28/h4-5,7-8,10-11,13,19H,6,9,12,14H2,1-3H3,(H2,24,28)(H,25,29). The van der Waals surface area contributed by atoms with E-state index < -0.39 is 16.2 Å². The zero-order valence-electron chi connectivity index (χ0n) is 18.1. The van der Waals surface area contributed by atoms with Gasteiger partial charge in [-0.25, -0.2) is 0 Å². The Hall–Kier alpha value is -3.26. The number of primary amides is 1. The van der Waals surface area contributed by atoms with Crippen LogP contribution >= 0.6 is 0 Å². The fourth-order valence-electron chi connectivity index (χ4n) is 3.99. The lowest BCUT2D eigenvalue weighted by Crippen LogP contribution is -2.39. The Balaban J connectivity index is 1.84. The summed E-state index contributed by atoms with van der Waals surface area (Å²) in [6, 6.07) is 11.6. The van der Waals surface area contributed by atoms with Gasteiger partial charge in [-0.05, 0) is 42.5 Å². The highest BCUT2D eigenvalue weighted by atomic mass is 16.6. The van der Waals surface area contributed by atoms with Gasteiger partial charge in [-0.2, -0.15) is 0 Å². The molecule has 0 aliphatic carbocycles. The topological polar surface area (TPSA) is 119 Å². The van der Waals surface area contributed by atoms with Gasteiger partial charge >= 0.3 is 0 Å². The molecule has 164 valence electrons. The van der Waals surface area contributed by atoms with E-state index in [-0.39, 0.29) is 23.2 Å². The number of nitrogens with one attached hydrogen (secondary N) is 1. The maximum absolute atomic E-state index is 12.9. The number of benzene rings is 2. The maximum atomic E-state index is 12.9. The first kappa shape index (κ1) is 22.4. The van der Waals surface area contributed by atoms with Crippen molar-refractivity contribution in [1.29, 1.82) is 0 Å². The molecule has 2 amide bonds. The molecule has 0 saturated carbocycles. The van der Waals surface area contributed by atoms with E-state index in [1.54, 1.807) is 24.3 Å². The van der Waals surface area contributed by atoms with E-state index in [0.717, 1.165) is 24.9 Å². The number of hydrogen-bond donors (Lipinski definition) is 2. The number of nitrogens with two attached hydrogens (primary N) is 1. The Morgan fingerprint density at radius 1 is 1.23 bits per heavy atom. The third-order valence-corrected chi connectivity index (χ3v) is 5.60. The molecular formula is C23H28N4O4. The highest BCUT2D eigenvalue weighted by Gasteiger charge is 2.30. The van der Waals surface area contributed by atoms with Gasteiger partial charge in [0.2, 0.25) is 5.91 Å². The Morgan fingerprint density at radius 3 is 2.58 bits per heavy atom. The molecular weight excluding hydrogens is 396 g/mol. The van der Waals surface area contributed by atoms with E-state index in [1.807, 2.05) is 37.8 Å². The van der Waals surface area contributed by atoms with Crippen molar-refractivity contribution in [2.75, 3.05) is 11.9 Å². The molecule has 2 aromatic rings. The number of anilines is 1. The molecule has 2 aromatic carbocycles. The molecule has 1 heterocycles. The number of nitrogens with zero attached hydrogens (tertiary/aromatic N) is 2.